The smallest absolute Gasteiger partial charge is 0.248 e. The van der Waals surface area contributed by atoms with Crippen LogP contribution in [0, 0.1) is 5.82 Å². The third-order valence-corrected chi connectivity index (χ3v) is 6.42. The summed E-state index contributed by atoms with van der Waals surface area (Å²) in [5.74, 6) is -0.671. The molecule has 35 heavy (non-hydrogen) atoms. The van der Waals surface area contributed by atoms with E-state index < -0.39 is 5.91 Å². The van der Waals surface area contributed by atoms with Crippen molar-refractivity contribution in [3.05, 3.63) is 102 Å². The van der Waals surface area contributed by atoms with E-state index in [9.17, 15) is 9.18 Å². The lowest BCUT2D eigenvalue weighted by molar-refractivity contribution is 0.100. The molecule has 0 saturated carbocycles. The van der Waals surface area contributed by atoms with Crippen molar-refractivity contribution in [1.29, 1.82) is 0 Å². The molecule has 176 valence electrons. The molecular weight excluding hydrogens is 441 g/mol. The number of carbonyl (C=O) groups is 1. The highest BCUT2D eigenvalue weighted by Gasteiger charge is 2.22. The molecule has 0 aliphatic carbocycles. The molecule has 7 heteroatoms. The summed E-state index contributed by atoms with van der Waals surface area (Å²) >= 11 is 0. The van der Waals surface area contributed by atoms with Gasteiger partial charge in [-0.1, -0.05) is 18.2 Å². The molecule has 3 heterocycles. The maximum atomic E-state index is 13.5. The van der Waals surface area contributed by atoms with Crippen LogP contribution in [0.2, 0.25) is 0 Å². The van der Waals surface area contributed by atoms with Crippen molar-refractivity contribution in [2.24, 2.45) is 5.73 Å². The van der Waals surface area contributed by atoms with Crippen molar-refractivity contribution in [2.45, 2.75) is 12.8 Å². The number of halogens is 1. The minimum absolute atomic E-state index is 0.266. The number of hydrogen-bond acceptors (Lipinski definition) is 4. The normalized spacial score (nSPS) is 14.0. The lowest BCUT2D eigenvalue weighted by Crippen LogP contribution is -2.30. The molecule has 0 unspecified atom stereocenters. The van der Waals surface area contributed by atoms with Gasteiger partial charge in [-0.15, -0.1) is 0 Å². The largest absolute Gasteiger partial charge is 0.366 e. The minimum atomic E-state index is -0.405. The number of rotatable bonds is 7. The van der Waals surface area contributed by atoms with Crippen LogP contribution in [0.25, 0.3) is 28.0 Å². The van der Waals surface area contributed by atoms with Crippen molar-refractivity contribution < 1.29 is 9.18 Å². The minimum Gasteiger partial charge on any atom is -0.366 e. The van der Waals surface area contributed by atoms with Crippen LogP contribution in [0.15, 0.2) is 79.1 Å². The molecule has 2 aromatic heterocycles. The number of hydrogen-bond donors (Lipinski definition) is 2. The molecule has 0 radical (unpaired) electrons. The first kappa shape index (κ1) is 22.7. The van der Waals surface area contributed by atoms with Crippen LogP contribution in [-0.4, -0.2) is 45.6 Å². The Morgan fingerprint density at radius 2 is 1.74 bits per heavy atom. The number of amides is 1. The van der Waals surface area contributed by atoms with Gasteiger partial charge in [0.25, 0.3) is 0 Å². The molecule has 0 saturated heterocycles. The SMILES string of the molecule is NC(=O)c1ccc(CCN2CC=C(c3n[nH]c(-c4ccc(F)cc4)c3-c3ccncc3)CC2)cc1. The third-order valence-electron chi connectivity index (χ3n) is 6.42. The van der Waals surface area contributed by atoms with Crippen LogP contribution in [0.1, 0.15) is 28.0 Å². The fraction of sp³-hybridized carbons (Fsp3) is 0.179. The number of H-pyrrole nitrogens is 1. The first-order chi connectivity index (χ1) is 17.1. The summed E-state index contributed by atoms with van der Waals surface area (Å²) in [7, 11) is 0. The molecule has 4 aromatic rings. The average Bonchev–Trinajstić information content (AvgIpc) is 3.34. The molecule has 0 spiro atoms. The highest BCUT2D eigenvalue weighted by molar-refractivity contribution is 5.92. The van der Waals surface area contributed by atoms with Gasteiger partial charge in [0.15, 0.2) is 0 Å². The van der Waals surface area contributed by atoms with Gasteiger partial charge in [0.1, 0.15) is 5.82 Å². The number of aromatic amines is 1. The van der Waals surface area contributed by atoms with Crippen LogP contribution < -0.4 is 5.73 Å². The molecule has 0 fully saturated rings. The molecule has 3 N–H and O–H groups in total. The highest BCUT2D eigenvalue weighted by Crippen LogP contribution is 2.37. The van der Waals surface area contributed by atoms with E-state index in [0.717, 1.165) is 60.6 Å². The van der Waals surface area contributed by atoms with E-state index in [-0.39, 0.29) is 5.82 Å². The van der Waals surface area contributed by atoms with Gasteiger partial charge in [0, 0.05) is 48.7 Å². The van der Waals surface area contributed by atoms with Crippen LogP contribution >= 0.6 is 0 Å². The summed E-state index contributed by atoms with van der Waals surface area (Å²) in [6.07, 6.45) is 7.57. The van der Waals surface area contributed by atoms with Crippen LogP contribution in [0.5, 0.6) is 0 Å². The van der Waals surface area contributed by atoms with Gasteiger partial charge in [-0.2, -0.15) is 5.10 Å². The summed E-state index contributed by atoms with van der Waals surface area (Å²) in [5.41, 5.74) is 12.9. The monoisotopic (exact) mass is 467 g/mol. The average molecular weight is 468 g/mol. The number of carbonyl (C=O) groups excluding carboxylic acids is 1. The number of benzene rings is 2. The maximum absolute atomic E-state index is 13.5. The Morgan fingerprint density at radius 1 is 1.00 bits per heavy atom. The number of primary amides is 1. The van der Waals surface area contributed by atoms with Gasteiger partial charge >= 0.3 is 0 Å². The molecule has 5 rings (SSSR count). The van der Waals surface area contributed by atoms with Crippen LogP contribution in [0.4, 0.5) is 4.39 Å². The topological polar surface area (TPSA) is 87.9 Å². The molecule has 2 aromatic carbocycles. The van der Waals surface area contributed by atoms with Crippen molar-refractivity contribution in [3.8, 4) is 22.4 Å². The Balaban J connectivity index is 1.35. The second-order valence-corrected chi connectivity index (χ2v) is 8.66. The van der Waals surface area contributed by atoms with Gasteiger partial charge in [-0.3, -0.25) is 19.8 Å². The van der Waals surface area contributed by atoms with E-state index >= 15 is 0 Å². The predicted octanol–water partition coefficient (Wildman–Crippen LogP) is 4.71. The lowest BCUT2D eigenvalue weighted by Gasteiger charge is -2.26. The van der Waals surface area contributed by atoms with E-state index in [1.165, 1.54) is 23.3 Å². The van der Waals surface area contributed by atoms with Crippen molar-refractivity contribution in [1.82, 2.24) is 20.1 Å². The van der Waals surface area contributed by atoms with E-state index in [1.807, 2.05) is 24.3 Å². The molecule has 0 bridgehead atoms. The fourth-order valence-corrected chi connectivity index (χ4v) is 4.45. The van der Waals surface area contributed by atoms with Crippen molar-refractivity contribution >= 4 is 11.5 Å². The van der Waals surface area contributed by atoms with Crippen molar-refractivity contribution in [2.75, 3.05) is 19.6 Å². The Kier molecular flexibility index (Phi) is 6.50. The maximum Gasteiger partial charge on any atom is 0.248 e. The number of aromatic nitrogens is 3. The first-order valence-electron chi connectivity index (χ1n) is 11.6. The number of nitrogens with two attached hydrogens (primary N) is 1. The van der Waals surface area contributed by atoms with Crippen LogP contribution in [0.3, 0.4) is 0 Å². The predicted molar refractivity (Wildman–Crippen MR) is 135 cm³/mol. The van der Waals surface area contributed by atoms with Gasteiger partial charge in [-0.25, -0.2) is 4.39 Å². The zero-order valence-corrected chi connectivity index (χ0v) is 19.2. The summed E-state index contributed by atoms with van der Waals surface area (Å²) < 4.78 is 13.5. The molecule has 6 nitrogen and oxygen atoms in total. The lowest BCUT2D eigenvalue weighted by atomic mass is 9.94. The van der Waals surface area contributed by atoms with Crippen LogP contribution in [-0.2, 0) is 6.42 Å². The molecule has 1 aliphatic rings. The quantitative estimate of drug-likeness (QED) is 0.412. The second kappa shape index (κ2) is 10.0. The zero-order chi connectivity index (χ0) is 24.2. The number of nitrogens with one attached hydrogen (secondary N) is 1. The standard InChI is InChI=1S/C28H26FN5O/c29-24-7-5-21(6-8-24)26-25(20-9-14-31-15-10-20)27(33-32-26)22-12-17-34(18-13-22)16-11-19-1-3-23(4-2-19)28(30)35/h1-10,12,14-15H,11,13,16-18H2,(H2,30,35)(H,32,33). The summed E-state index contributed by atoms with van der Waals surface area (Å²) in [4.78, 5) is 17.8. The molecule has 0 atom stereocenters. The fourth-order valence-electron chi connectivity index (χ4n) is 4.45. The summed E-state index contributed by atoms with van der Waals surface area (Å²) in [6, 6.07) is 17.9. The Hall–Kier alpha value is -4.10. The van der Waals surface area contributed by atoms with Gasteiger partial charge < -0.3 is 5.73 Å². The van der Waals surface area contributed by atoms with Crippen molar-refractivity contribution in [3.63, 3.8) is 0 Å². The van der Waals surface area contributed by atoms with E-state index in [4.69, 9.17) is 10.8 Å². The number of nitrogens with zero attached hydrogens (tertiary/aromatic N) is 3. The Morgan fingerprint density at radius 3 is 2.40 bits per heavy atom. The zero-order valence-electron chi connectivity index (χ0n) is 19.2. The summed E-state index contributed by atoms with van der Waals surface area (Å²) in [6.45, 7) is 2.70. The van der Waals surface area contributed by atoms with E-state index in [0.29, 0.717) is 5.56 Å². The first-order valence-corrected chi connectivity index (χ1v) is 11.6. The Labute approximate surface area is 203 Å². The Bertz CT molecular complexity index is 1340. The van der Waals surface area contributed by atoms with Gasteiger partial charge in [-0.05, 0) is 78.1 Å². The van der Waals surface area contributed by atoms with E-state index in [1.54, 1.807) is 36.7 Å². The number of pyridine rings is 1. The van der Waals surface area contributed by atoms with Gasteiger partial charge in [0.2, 0.25) is 5.91 Å². The second-order valence-electron chi connectivity index (χ2n) is 8.66. The van der Waals surface area contributed by atoms with E-state index in [2.05, 4.69) is 21.1 Å². The molecule has 1 amide bonds. The van der Waals surface area contributed by atoms with Gasteiger partial charge in [0.05, 0.1) is 11.4 Å². The summed E-state index contributed by atoms with van der Waals surface area (Å²) in [5, 5.41) is 7.89. The third kappa shape index (κ3) is 5.05. The molecule has 1 aliphatic heterocycles. The molecular formula is C28H26FN5O. The highest BCUT2D eigenvalue weighted by atomic mass is 19.1.